The second-order valence-corrected chi connectivity index (χ2v) is 8.10. The molecule has 0 radical (unpaired) electrons. The number of nitrogens with zero attached hydrogens (tertiary/aromatic N) is 2. The van der Waals surface area contributed by atoms with Crippen molar-refractivity contribution in [3.8, 4) is 0 Å². The molecule has 2 aromatic carbocycles. The molecule has 0 unspecified atom stereocenters. The number of benzene rings is 2. The van der Waals surface area contributed by atoms with Gasteiger partial charge in [0.05, 0.1) is 29.4 Å². The molecule has 3 amide bonds. The van der Waals surface area contributed by atoms with Gasteiger partial charge in [0.2, 0.25) is 0 Å². The summed E-state index contributed by atoms with van der Waals surface area (Å²) in [7, 11) is 0. The molecule has 28 heavy (non-hydrogen) atoms. The third-order valence-corrected chi connectivity index (χ3v) is 4.93. The molecule has 2 aliphatic heterocycles. The van der Waals surface area contributed by atoms with E-state index in [-0.39, 0.29) is 24.4 Å². The minimum Gasteiger partial charge on any atom is -0.443 e. The number of anilines is 1. The Bertz CT molecular complexity index is 941. The average Bonchev–Trinajstić information content (AvgIpc) is 3.12. The Labute approximate surface area is 163 Å². The minimum atomic E-state index is -0.644. The lowest BCUT2D eigenvalue weighted by molar-refractivity contribution is 0.0534. The molecule has 1 atom stereocenters. The summed E-state index contributed by atoms with van der Waals surface area (Å²) in [5, 5.41) is 0. The molecule has 0 aromatic heterocycles. The average molecular weight is 378 g/mol. The number of imide groups is 1. The van der Waals surface area contributed by atoms with E-state index in [1.165, 1.54) is 4.90 Å². The fourth-order valence-corrected chi connectivity index (χ4v) is 3.78. The number of carbonyl (C=O) groups is 3. The molecular formula is C22H22N2O4. The van der Waals surface area contributed by atoms with Crippen LogP contribution in [0, 0.1) is 0 Å². The van der Waals surface area contributed by atoms with Crippen LogP contribution >= 0.6 is 0 Å². The monoisotopic (exact) mass is 378 g/mol. The van der Waals surface area contributed by atoms with Gasteiger partial charge in [0.15, 0.2) is 0 Å². The topological polar surface area (TPSA) is 66.9 Å². The van der Waals surface area contributed by atoms with E-state index >= 15 is 0 Å². The molecule has 0 saturated heterocycles. The van der Waals surface area contributed by atoms with Crippen LogP contribution in [0.4, 0.5) is 10.5 Å². The van der Waals surface area contributed by atoms with Gasteiger partial charge in [0.25, 0.3) is 11.8 Å². The van der Waals surface area contributed by atoms with Gasteiger partial charge >= 0.3 is 6.09 Å². The maximum atomic E-state index is 12.9. The number of fused-ring (bicyclic) bond motifs is 2. The van der Waals surface area contributed by atoms with E-state index in [2.05, 4.69) is 0 Å². The molecule has 2 aromatic rings. The highest BCUT2D eigenvalue weighted by atomic mass is 16.6. The van der Waals surface area contributed by atoms with Crippen molar-refractivity contribution >= 4 is 23.6 Å². The van der Waals surface area contributed by atoms with Crippen LogP contribution in [-0.2, 0) is 11.2 Å². The van der Waals surface area contributed by atoms with E-state index in [1.54, 1.807) is 29.2 Å². The van der Waals surface area contributed by atoms with Gasteiger partial charge in [0.1, 0.15) is 5.60 Å². The summed E-state index contributed by atoms with van der Waals surface area (Å²) in [6.07, 6.45) is 0.0853. The maximum absolute atomic E-state index is 12.9. The molecule has 6 heteroatoms. The van der Waals surface area contributed by atoms with Crippen molar-refractivity contribution in [2.45, 2.75) is 38.8 Å². The minimum absolute atomic E-state index is 0.125. The summed E-state index contributed by atoms with van der Waals surface area (Å²) in [5.74, 6) is -0.638. The molecular weight excluding hydrogens is 356 g/mol. The largest absolute Gasteiger partial charge is 0.443 e. The van der Waals surface area contributed by atoms with Gasteiger partial charge in [-0.25, -0.2) is 4.79 Å². The Hall–Kier alpha value is -3.15. The highest BCUT2D eigenvalue weighted by Crippen LogP contribution is 2.35. The summed E-state index contributed by atoms with van der Waals surface area (Å²) in [4.78, 5) is 41.2. The van der Waals surface area contributed by atoms with Crippen LogP contribution in [0.3, 0.4) is 0 Å². The van der Waals surface area contributed by atoms with Crippen LogP contribution in [0.2, 0.25) is 0 Å². The van der Waals surface area contributed by atoms with Crippen molar-refractivity contribution in [3.63, 3.8) is 0 Å². The van der Waals surface area contributed by atoms with Gasteiger partial charge in [0, 0.05) is 0 Å². The first-order valence-electron chi connectivity index (χ1n) is 9.31. The van der Waals surface area contributed by atoms with E-state index in [0.29, 0.717) is 17.5 Å². The Balaban J connectivity index is 1.63. The number of carbonyl (C=O) groups excluding carboxylic acids is 3. The van der Waals surface area contributed by atoms with Crippen molar-refractivity contribution in [2.24, 2.45) is 0 Å². The highest BCUT2D eigenvalue weighted by molar-refractivity contribution is 6.21. The maximum Gasteiger partial charge on any atom is 0.415 e. The van der Waals surface area contributed by atoms with Gasteiger partial charge in [-0.2, -0.15) is 0 Å². The van der Waals surface area contributed by atoms with Gasteiger partial charge < -0.3 is 4.74 Å². The molecule has 6 nitrogen and oxygen atoms in total. The normalized spacial score (nSPS) is 18.3. The molecule has 0 saturated carbocycles. The van der Waals surface area contributed by atoms with Crippen LogP contribution in [-0.4, -0.2) is 41.0 Å². The predicted octanol–water partition coefficient (Wildman–Crippen LogP) is 3.65. The fourth-order valence-electron chi connectivity index (χ4n) is 3.78. The van der Waals surface area contributed by atoms with Crippen LogP contribution < -0.4 is 4.90 Å². The smallest absolute Gasteiger partial charge is 0.415 e. The summed E-state index contributed by atoms with van der Waals surface area (Å²) in [5.41, 5.74) is 1.93. The number of para-hydroxylation sites is 1. The molecule has 144 valence electrons. The van der Waals surface area contributed by atoms with E-state index < -0.39 is 11.7 Å². The van der Waals surface area contributed by atoms with Crippen molar-refractivity contribution in [3.05, 3.63) is 65.2 Å². The standard InChI is InChI=1S/C22H22N2O4/c1-22(2,3)28-21(27)24-15(12-14-8-4-7-11-18(14)24)13-23-19(25)16-9-5-6-10-17(16)20(23)26/h4-11,15H,12-13H2,1-3H3/t15-/m1/s1. The quantitative estimate of drug-likeness (QED) is 0.748. The molecule has 2 heterocycles. The van der Waals surface area contributed by atoms with Crippen molar-refractivity contribution in [1.82, 2.24) is 4.90 Å². The zero-order valence-electron chi connectivity index (χ0n) is 16.1. The van der Waals surface area contributed by atoms with Crippen molar-refractivity contribution in [2.75, 3.05) is 11.4 Å². The zero-order valence-corrected chi connectivity index (χ0v) is 16.1. The predicted molar refractivity (Wildman–Crippen MR) is 104 cm³/mol. The summed E-state index contributed by atoms with van der Waals surface area (Å²) in [6, 6.07) is 14.0. The summed E-state index contributed by atoms with van der Waals surface area (Å²) in [6.45, 7) is 5.56. The van der Waals surface area contributed by atoms with Crippen molar-refractivity contribution in [1.29, 1.82) is 0 Å². The Kier molecular flexibility index (Phi) is 4.22. The fraction of sp³-hybridized carbons (Fsp3) is 0.318. The highest BCUT2D eigenvalue weighted by Gasteiger charge is 2.42. The first-order valence-corrected chi connectivity index (χ1v) is 9.31. The van der Waals surface area contributed by atoms with Crippen molar-refractivity contribution < 1.29 is 19.1 Å². The summed E-state index contributed by atoms with van der Waals surface area (Å²) >= 11 is 0. The number of ether oxygens (including phenoxy) is 1. The van der Waals surface area contributed by atoms with E-state index in [9.17, 15) is 14.4 Å². The Morgan fingerprint density at radius 1 is 1.00 bits per heavy atom. The zero-order chi connectivity index (χ0) is 20.1. The van der Waals surface area contributed by atoms with Crippen LogP contribution in [0.5, 0.6) is 0 Å². The van der Waals surface area contributed by atoms with Crippen LogP contribution in [0.1, 0.15) is 47.1 Å². The molecule has 0 N–H and O–H groups in total. The lowest BCUT2D eigenvalue weighted by Gasteiger charge is -2.30. The van der Waals surface area contributed by atoms with E-state index in [4.69, 9.17) is 4.74 Å². The van der Waals surface area contributed by atoms with Gasteiger partial charge in [-0.3, -0.25) is 19.4 Å². The van der Waals surface area contributed by atoms with Crippen LogP contribution in [0.15, 0.2) is 48.5 Å². The molecule has 2 aliphatic rings. The molecule has 0 spiro atoms. The summed E-state index contributed by atoms with van der Waals surface area (Å²) < 4.78 is 5.59. The lowest BCUT2D eigenvalue weighted by atomic mass is 10.1. The van der Waals surface area contributed by atoms with Crippen LogP contribution in [0.25, 0.3) is 0 Å². The first kappa shape index (κ1) is 18.2. The molecule has 0 aliphatic carbocycles. The Morgan fingerprint density at radius 3 is 2.18 bits per heavy atom. The lowest BCUT2D eigenvalue weighted by Crippen LogP contribution is -2.48. The SMILES string of the molecule is CC(C)(C)OC(=O)N1c2ccccc2C[C@@H]1CN1C(=O)c2ccccc2C1=O. The third-order valence-electron chi connectivity index (χ3n) is 4.93. The molecule has 0 bridgehead atoms. The first-order chi connectivity index (χ1) is 13.3. The second kappa shape index (κ2) is 6.48. The van der Waals surface area contributed by atoms with Gasteiger partial charge in [-0.1, -0.05) is 30.3 Å². The molecule has 4 rings (SSSR count). The second-order valence-electron chi connectivity index (χ2n) is 8.10. The van der Waals surface area contributed by atoms with Gasteiger partial charge in [-0.05, 0) is 51.0 Å². The number of hydrogen-bond acceptors (Lipinski definition) is 4. The number of amides is 3. The van der Waals surface area contributed by atoms with Gasteiger partial charge in [-0.15, -0.1) is 0 Å². The Morgan fingerprint density at radius 2 is 1.57 bits per heavy atom. The van der Waals surface area contributed by atoms with E-state index in [1.807, 2.05) is 45.0 Å². The number of hydrogen-bond donors (Lipinski definition) is 0. The van der Waals surface area contributed by atoms with E-state index in [0.717, 1.165) is 11.3 Å². The molecule has 0 fully saturated rings. The number of rotatable bonds is 2. The third kappa shape index (κ3) is 3.05.